The molecule has 0 saturated heterocycles. The van der Waals surface area contributed by atoms with Crippen LogP contribution in [0, 0.1) is 0 Å². The summed E-state index contributed by atoms with van der Waals surface area (Å²) in [5.41, 5.74) is 0. The minimum Gasteiger partial charge on any atom is -0.478 e. The summed E-state index contributed by atoms with van der Waals surface area (Å²) >= 11 is 0. The third kappa shape index (κ3) is 5.49. The molecule has 96 valence electrons. The molecule has 0 bridgehead atoms. The van der Waals surface area contributed by atoms with Gasteiger partial charge in [-0.2, -0.15) is 4.98 Å². The zero-order chi connectivity index (χ0) is 12.5. The Labute approximate surface area is 103 Å². The Hall–Kier alpha value is -1.36. The molecule has 0 aliphatic rings. The standard InChI is InChI=1S/C12H21N3O2/c1-4-8-17-11-6-7-13-12(15-11)14-9-10(3)16-5-2/h6-7,10H,4-5,8-9H2,1-3H3,(H,13,14,15). The summed E-state index contributed by atoms with van der Waals surface area (Å²) in [5.74, 6) is 1.18. The van der Waals surface area contributed by atoms with Crippen LogP contribution >= 0.6 is 0 Å². The number of nitrogens with zero attached hydrogens (tertiary/aromatic N) is 2. The van der Waals surface area contributed by atoms with Crippen LogP contribution in [-0.2, 0) is 4.74 Å². The van der Waals surface area contributed by atoms with Gasteiger partial charge in [-0.15, -0.1) is 0 Å². The summed E-state index contributed by atoms with van der Waals surface area (Å²) < 4.78 is 10.8. The van der Waals surface area contributed by atoms with Crippen molar-refractivity contribution in [3.8, 4) is 5.88 Å². The van der Waals surface area contributed by atoms with Crippen molar-refractivity contribution in [1.29, 1.82) is 0 Å². The molecular formula is C12H21N3O2. The molecule has 1 aromatic rings. The summed E-state index contributed by atoms with van der Waals surface area (Å²) in [4.78, 5) is 8.36. The van der Waals surface area contributed by atoms with E-state index in [9.17, 15) is 0 Å². The Morgan fingerprint density at radius 2 is 2.24 bits per heavy atom. The highest BCUT2D eigenvalue weighted by atomic mass is 16.5. The third-order valence-corrected chi connectivity index (χ3v) is 2.08. The first-order chi connectivity index (χ1) is 8.26. The predicted octanol–water partition coefficient (Wildman–Crippen LogP) is 2.10. The summed E-state index contributed by atoms with van der Waals surface area (Å²) in [6, 6.07) is 1.76. The minimum absolute atomic E-state index is 0.142. The lowest BCUT2D eigenvalue weighted by Gasteiger charge is -2.12. The van der Waals surface area contributed by atoms with Crippen molar-refractivity contribution in [3.05, 3.63) is 12.3 Å². The second-order valence-corrected chi connectivity index (χ2v) is 3.71. The largest absolute Gasteiger partial charge is 0.478 e. The molecule has 1 aromatic heterocycles. The van der Waals surface area contributed by atoms with E-state index in [0.29, 0.717) is 31.6 Å². The van der Waals surface area contributed by atoms with E-state index in [2.05, 4.69) is 22.2 Å². The van der Waals surface area contributed by atoms with Gasteiger partial charge in [0.1, 0.15) is 0 Å². The minimum atomic E-state index is 0.142. The Morgan fingerprint density at radius 1 is 1.41 bits per heavy atom. The molecule has 1 N–H and O–H groups in total. The van der Waals surface area contributed by atoms with Crippen molar-refractivity contribution in [1.82, 2.24) is 9.97 Å². The number of hydrogen-bond donors (Lipinski definition) is 1. The molecule has 1 rings (SSSR count). The van der Waals surface area contributed by atoms with Crippen molar-refractivity contribution in [2.75, 3.05) is 25.1 Å². The van der Waals surface area contributed by atoms with Crippen molar-refractivity contribution in [3.63, 3.8) is 0 Å². The van der Waals surface area contributed by atoms with Gasteiger partial charge in [0.2, 0.25) is 11.8 Å². The SMILES string of the molecule is CCCOc1ccnc(NCC(C)OCC)n1. The Balaban J connectivity index is 2.42. The first-order valence-corrected chi connectivity index (χ1v) is 6.07. The smallest absolute Gasteiger partial charge is 0.226 e. The molecule has 0 saturated carbocycles. The Bertz CT molecular complexity index is 320. The lowest BCUT2D eigenvalue weighted by atomic mass is 10.4. The van der Waals surface area contributed by atoms with E-state index in [0.717, 1.165) is 6.42 Å². The van der Waals surface area contributed by atoms with Crippen LogP contribution in [0.2, 0.25) is 0 Å². The molecule has 0 fully saturated rings. The number of nitrogens with one attached hydrogen (secondary N) is 1. The molecule has 0 amide bonds. The first-order valence-electron chi connectivity index (χ1n) is 6.07. The second-order valence-electron chi connectivity index (χ2n) is 3.71. The zero-order valence-corrected chi connectivity index (χ0v) is 10.8. The average Bonchev–Trinajstić information content (AvgIpc) is 2.35. The van der Waals surface area contributed by atoms with Gasteiger partial charge >= 0.3 is 0 Å². The molecule has 0 spiro atoms. The molecule has 1 atom stereocenters. The second kappa shape index (κ2) is 7.84. The topological polar surface area (TPSA) is 56.3 Å². The van der Waals surface area contributed by atoms with Crippen LogP contribution < -0.4 is 10.1 Å². The number of rotatable bonds is 8. The molecule has 0 aromatic carbocycles. The van der Waals surface area contributed by atoms with Crippen LogP contribution in [0.4, 0.5) is 5.95 Å². The fourth-order valence-electron chi connectivity index (χ4n) is 1.29. The van der Waals surface area contributed by atoms with Crippen LogP contribution in [0.3, 0.4) is 0 Å². The van der Waals surface area contributed by atoms with Gasteiger partial charge in [0.15, 0.2) is 0 Å². The van der Waals surface area contributed by atoms with E-state index in [4.69, 9.17) is 9.47 Å². The van der Waals surface area contributed by atoms with Gasteiger partial charge < -0.3 is 14.8 Å². The van der Waals surface area contributed by atoms with Gasteiger partial charge in [-0.05, 0) is 20.3 Å². The fourth-order valence-corrected chi connectivity index (χ4v) is 1.29. The van der Waals surface area contributed by atoms with Gasteiger partial charge in [0, 0.05) is 25.4 Å². The summed E-state index contributed by atoms with van der Waals surface area (Å²) in [6.45, 7) is 8.12. The normalized spacial score (nSPS) is 12.2. The Kier molecular flexibility index (Phi) is 6.32. The van der Waals surface area contributed by atoms with E-state index in [1.54, 1.807) is 12.3 Å². The summed E-state index contributed by atoms with van der Waals surface area (Å²) in [5, 5.41) is 3.12. The fraction of sp³-hybridized carbons (Fsp3) is 0.667. The van der Waals surface area contributed by atoms with Crippen LogP contribution in [0.5, 0.6) is 5.88 Å². The maximum Gasteiger partial charge on any atom is 0.226 e. The number of hydrogen-bond acceptors (Lipinski definition) is 5. The highest BCUT2D eigenvalue weighted by Crippen LogP contribution is 2.08. The summed E-state index contributed by atoms with van der Waals surface area (Å²) in [7, 11) is 0. The quantitative estimate of drug-likeness (QED) is 0.753. The third-order valence-electron chi connectivity index (χ3n) is 2.08. The number of anilines is 1. The van der Waals surface area contributed by atoms with Crippen LogP contribution in [0.15, 0.2) is 12.3 Å². The molecule has 5 nitrogen and oxygen atoms in total. The Morgan fingerprint density at radius 3 is 2.94 bits per heavy atom. The molecule has 0 aliphatic carbocycles. The first kappa shape index (κ1) is 13.7. The molecule has 0 radical (unpaired) electrons. The van der Waals surface area contributed by atoms with E-state index in [1.807, 2.05) is 13.8 Å². The van der Waals surface area contributed by atoms with Crippen molar-refractivity contribution < 1.29 is 9.47 Å². The van der Waals surface area contributed by atoms with Gasteiger partial charge in [0.25, 0.3) is 0 Å². The number of ether oxygens (including phenoxy) is 2. The molecule has 0 aliphatic heterocycles. The highest BCUT2D eigenvalue weighted by Gasteiger charge is 2.03. The maximum absolute atomic E-state index is 5.43. The molecule has 1 heterocycles. The zero-order valence-electron chi connectivity index (χ0n) is 10.8. The molecule has 5 heteroatoms. The van der Waals surface area contributed by atoms with Gasteiger partial charge in [-0.25, -0.2) is 4.98 Å². The predicted molar refractivity (Wildman–Crippen MR) is 67.4 cm³/mol. The van der Waals surface area contributed by atoms with Crippen molar-refractivity contribution in [2.45, 2.75) is 33.3 Å². The lowest BCUT2D eigenvalue weighted by Crippen LogP contribution is -2.20. The molecule has 17 heavy (non-hydrogen) atoms. The van der Waals surface area contributed by atoms with Gasteiger partial charge in [-0.3, -0.25) is 0 Å². The van der Waals surface area contributed by atoms with Gasteiger partial charge in [0.05, 0.1) is 12.7 Å². The van der Waals surface area contributed by atoms with Crippen molar-refractivity contribution >= 4 is 5.95 Å². The van der Waals surface area contributed by atoms with Crippen LogP contribution in [-0.4, -0.2) is 35.8 Å². The monoisotopic (exact) mass is 239 g/mol. The van der Waals surface area contributed by atoms with E-state index < -0.39 is 0 Å². The van der Waals surface area contributed by atoms with E-state index >= 15 is 0 Å². The highest BCUT2D eigenvalue weighted by molar-refractivity contribution is 5.27. The van der Waals surface area contributed by atoms with Crippen LogP contribution in [0.1, 0.15) is 27.2 Å². The maximum atomic E-state index is 5.43. The van der Waals surface area contributed by atoms with Crippen LogP contribution in [0.25, 0.3) is 0 Å². The number of aromatic nitrogens is 2. The van der Waals surface area contributed by atoms with Gasteiger partial charge in [-0.1, -0.05) is 6.92 Å². The van der Waals surface area contributed by atoms with E-state index in [1.165, 1.54) is 0 Å². The molecular weight excluding hydrogens is 218 g/mol. The van der Waals surface area contributed by atoms with E-state index in [-0.39, 0.29) is 6.10 Å². The average molecular weight is 239 g/mol. The van der Waals surface area contributed by atoms with Crippen molar-refractivity contribution in [2.24, 2.45) is 0 Å². The molecule has 1 unspecified atom stereocenters. The summed E-state index contributed by atoms with van der Waals surface area (Å²) in [6.07, 6.45) is 2.80. The lowest BCUT2D eigenvalue weighted by molar-refractivity contribution is 0.0854.